The Hall–Kier alpha value is -1.89. The topological polar surface area (TPSA) is 84.3 Å². The van der Waals surface area contributed by atoms with E-state index in [1.54, 1.807) is 6.07 Å². The highest BCUT2D eigenvalue weighted by Gasteiger charge is 2.14. The van der Waals surface area contributed by atoms with Gasteiger partial charge in [-0.05, 0) is 19.4 Å². The van der Waals surface area contributed by atoms with Gasteiger partial charge in [0, 0.05) is 12.1 Å². The monoisotopic (exact) mass is 235 g/mol. The molecule has 0 amide bonds. The fraction of sp³-hybridized carbons (Fsp3) is 0.500. The summed E-state index contributed by atoms with van der Waals surface area (Å²) in [4.78, 5) is 15.3. The van der Waals surface area contributed by atoms with Crippen LogP contribution in [0, 0.1) is 0 Å². The van der Waals surface area contributed by atoms with Crippen LogP contribution in [0.1, 0.15) is 12.8 Å². The van der Waals surface area contributed by atoms with Gasteiger partial charge < -0.3 is 10.1 Å². The summed E-state index contributed by atoms with van der Waals surface area (Å²) < 4.78 is 6.90. The second kappa shape index (κ2) is 4.17. The number of nitrogens with one attached hydrogen (secondary N) is 2. The first-order chi connectivity index (χ1) is 8.33. The van der Waals surface area contributed by atoms with E-state index in [0.29, 0.717) is 24.2 Å². The molecule has 0 bridgehead atoms. The molecule has 0 radical (unpaired) electrons. The molecule has 1 saturated heterocycles. The van der Waals surface area contributed by atoms with Crippen LogP contribution >= 0.6 is 0 Å². The minimum atomic E-state index is -0.295. The van der Waals surface area contributed by atoms with Crippen LogP contribution in [-0.4, -0.2) is 38.8 Å². The molecule has 90 valence electrons. The molecule has 0 saturated carbocycles. The molecular weight excluding hydrogens is 222 g/mol. The van der Waals surface area contributed by atoms with Crippen LogP contribution in [0.5, 0.6) is 5.88 Å². The Morgan fingerprint density at radius 1 is 1.59 bits per heavy atom. The summed E-state index contributed by atoms with van der Waals surface area (Å²) in [6.07, 6.45) is 3.73. The van der Waals surface area contributed by atoms with Gasteiger partial charge in [-0.2, -0.15) is 5.10 Å². The van der Waals surface area contributed by atoms with Crippen molar-refractivity contribution in [3.63, 3.8) is 0 Å². The molecule has 2 aromatic heterocycles. The third-order valence-corrected chi connectivity index (χ3v) is 2.88. The first kappa shape index (κ1) is 10.3. The lowest BCUT2D eigenvalue weighted by atomic mass is 10.2. The number of aromatic amines is 1. The summed E-state index contributed by atoms with van der Waals surface area (Å²) in [6, 6.07) is 2.04. The molecule has 17 heavy (non-hydrogen) atoms. The van der Waals surface area contributed by atoms with E-state index in [0.717, 1.165) is 13.0 Å². The maximum Gasteiger partial charge on any atom is 0.348 e. The molecule has 1 fully saturated rings. The van der Waals surface area contributed by atoms with Crippen LogP contribution in [-0.2, 0) is 0 Å². The van der Waals surface area contributed by atoms with Crippen molar-refractivity contribution in [2.45, 2.75) is 18.9 Å². The molecule has 1 aliphatic rings. The first-order valence-electron chi connectivity index (χ1n) is 5.62. The second-order valence-electron chi connectivity index (χ2n) is 4.09. The van der Waals surface area contributed by atoms with Gasteiger partial charge in [-0.3, -0.25) is 0 Å². The maximum atomic E-state index is 11.2. The third-order valence-electron chi connectivity index (χ3n) is 2.88. The second-order valence-corrected chi connectivity index (χ2v) is 4.09. The predicted molar refractivity (Wildman–Crippen MR) is 60.1 cm³/mol. The number of hydrogen-bond acceptors (Lipinski definition) is 5. The quantitative estimate of drug-likeness (QED) is 0.752. The van der Waals surface area contributed by atoms with Crippen LogP contribution in [0.4, 0.5) is 0 Å². The molecular formula is C10H13N5O2. The lowest BCUT2D eigenvalue weighted by Crippen LogP contribution is -2.28. The number of hydrogen-bond donors (Lipinski definition) is 2. The summed E-state index contributed by atoms with van der Waals surface area (Å²) >= 11 is 0. The molecule has 1 aliphatic heterocycles. The summed E-state index contributed by atoms with van der Waals surface area (Å²) in [6.45, 7) is 1.65. The summed E-state index contributed by atoms with van der Waals surface area (Å²) in [7, 11) is 0. The molecule has 2 aromatic rings. The average molecular weight is 235 g/mol. The Morgan fingerprint density at radius 3 is 3.35 bits per heavy atom. The molecule has 3 heterocycles. The van der Waals surface area contributed by atoms with Crippen molar-refractivity contribution in [3.05, 3.63) is 22.9 Å². The van der Waals surface area contributed by atoms with E-state index in [1.807, 2.05) is 0 Å². The Morgan fingerprint density at radius 2 is 2.53 bits per heavy atom. The molecule has 7 heteroatoms. The van der Waals surface area contributed by atoms with Gasteiger partial charge in [-0.25, -0.2) is 19.3 Å². The van der Waals surface area contributed by atoms with E-state index in [2.05, 4.69) is 20.5 Å². The van der Waals surface area contributed by atoms with Gasteiger partial charge in [0.1, 0.15) is 12.9 Å². The molecule has 2 N–H and O–H groups in total. The summed E-state index contributed by atoms with van der Waals surface area (Å²) in [5.74, 6) is 0.491. The number of nitrogens with zero attached hydrogens (tertiary/aromatic N) is 3. The van der Waals surface area contributed by atoms with E-state index in [-0.39, 0.29) is 5.69 Å². The summed E-state index contributed by atoms with van der Waals surface area (Å²) in [5.41, 5.74) is 0.218. The first-order valence-corrected chi connectivity index (χ1v) is 5.62. The molecule has 7 nitrogen and oxygen atoms in total. The lowest BCUT2D eigenvalue weighted by Gasteiger charge is -2.10. The highest BCUT2D eigenvalue weighted by Crippen LogP contribution is 2.10. The number of ether oxygens (including phenoxy) is 1. The largest absolute Gasteiger partial charge is 0.476 e. The van der Waals surface area contributed by atoms with Crippen molar-refractivity contribution in [3.8, 4) is 5.88 Å². The van der Waals surface area contributed by atoms with Crippen LogP contribution in [0.25, 0.3) is 5.65 Å². The van der Waals surface area contributed by atoms with E-state index < -0.39 is 0 Å². The molecule has 3 rings (SSSR count). The van der Waals surface area contributed by atoms with Crippen molar-refractivity contribution >= 4 is 5.65 Å². The predicted octanol–water partition coefficient (Wildman–Crippen LogP) is -0.452. The highest BCUT2D eigenvalue weighted by molar-refractivity contribution is 5.38. The van der Waals surface area contributed by atoms with Crippen LogP contribution in [0.2, 0.25) is 0 Å². The molecule has 0 aromatic carbocycles. The van der Waals surface area contributed by atoms with Gasteiger partial charge in [0.15, 0.2) is 5.65 Å². The van der Waals surface area contributed by atoms with Crippen molar-refractivity contribution in [1.29, 1.82) is 0 Å². The smallest absolute Gasteiger partial charge is 0.348 e. The van der Waals surface area contributed by atoms with Gasteiger partial charge in [0.2, 0.25) is 5.88 Å². The van der Waals surface area contributed by atoms with Gasteiger partial charge >= 0.3 is 5.69 Å². The van der Waals surface area contributed by atoms with Gasteiger partial charge in [0.25, 0.3) is 0 Å². The number of H-pyrrole nitrogens is 1. The molecule has 1 unspecified atom stereocenters. The number of rotatable bonds is 3. The zero-order valence-electron chi connectivity index (χ0n) is 9.22. The molecule has 0 aliphatic carbocycles. The standard InChI is InChI=1S/C10H13N5O2/c16-10-14-13-8-4-9(12-6-15(8)10)17-5-7-2-1-3-11-7/h4,6-7,11H,1-3,5H2,(H,14,16). The van der Waals surface area contributed by atoms with Crippen molar-refractivity contribution in [2.24, 2.45) is 0 Å². The van der Waals surface area contributed by atoms with E-state index in [4.69, 9.17) is 4.74 Å². The van der Waals surface area contributed by atoms with Gasteiger partial charge in [0.05, 0.1) is 0 Å². The Labute approximate surface area is 96.8 Å². The molecule has 1 atom stereocenters. The zero-order valence-corrected chi connectivity index (χ0v) is 9.22. The van der Waals surface area contributed by atoms with Gasteiger partial charge in [-0.15, -0.1) is 0 Å². The lowest BCUT2D eigenvalue weighted by molar-refractivity contribution is 0.267. The Kier molecular flexibility index (Phi) is 2.52. The zero-order chi connectivity index (χ0) is 11.7. The van der Waals surface area contributed by atoms with Crippen molar-refractivity contribution < 1.29 is 4.74 Å². The Bertz CT molecular complexity index is 569. The minimum Gasteiger partial charge on any atom is -0.476 e. The Balaban J connectivity index is 1.74. The maximum absolute atomic E-state index is 11.2. The fourth-order valence-electron chi connectivity index (χ4n) is 1.96. The average Bonchev–Trinajstić information content (AvgIpc) is 2.97. The van der Waals surface area contributed by atoms with Crippen molar-refractivity contribution in [2.75, 3.05) is 13.2 Å². The highest BCUT2D eigenvalue weighted by atomic mass is 16.5. The molecule has 0 spiro atoms. The van der Waals surface area contributed by atoms with E-state index in [9.17, 15) is 4.79 Å². The summed E-state index contributed by atoms with van der Waals surface area (Å²) in [5, 5.41) is 9.54. The normalized spacial score (nSPS) is 19.9. The third kappa shape index (κ3) is 2.01. The number of aromatic nitrogens is 4. The van der Waals surface area contributed by atoms with Crippen LogP contribution in [0.3, 0.4) is 0 Å². The SMILES string of the molecule is O=c1[nH]nc2cc(OCC3CCCN3)ncn12. The number of fused-ring (bicyclic) bond motifs is 1. The van der Waals surface area contributed by atoms with Crippen LogP contribution < -0.4 is 15.7 Å². The van der Waals surface area contributed by atoms with E-state index >= 15 is 0 Å². The van der Waals surface area contributed by atoms with E-state index in [1.165, 1.54) is 17.1 Å². The fourth-order valence-corrected chi connectivity index (χ4v) is 1.96. The minimum absolute atomic E-state index is 0.295. The van der Waals surface area contributed by atoms with Crippen LogP contribution in [0.15, 0.2) is 17.2 Å². The van der Waals surface area contributed by atoms with Crippen molar-refractivity contribution in [1.82, 2.24) is 24.9 Å². The van der Waals surface area contributed by atoms with Gasteiger partial charge in [-0.1, -0.05) is 0 Å².